The molecule has 0 radical (unpaired) electrons. The Kier molecular flexibility index (Phi) is 4.28. The average molecular weight is 310 g/mol. The van der Waals surface area contributed by atoms with E-state index in [4.69, 9.17) is 9.26 Å². The number of aryl methyl sites for hydroxylation is 2. The predicted molar refractivity (Wildman–Crippen MR) is 87.8 cm³/mol. The first-order chi connectivity index (χ1) is 11.1. The maximum absolute atomic E-state index is 12.1. The fourth-order valence-electron chi connectivity index (χ4n) is 2.49. The second kappa shape index (κ2) is 6.52. The highest BCUT2D eigenvalue weighted by atomic mass is 16.5. The maximum Gasteiger partial charge on any atom is 0.256 e. The number of nitrogens with zero attached hydrogens (tertiary/aromatic N) is 1. The largest absolute Gasteiger partial charge is 0.492 e. The quantitative estimate of drug-likeness (QED) is 0.735. The van der Waals surface area contributed by atoms with Crippen LogP contribution in [-0.4, -0.2) is 24.2 Å². The van der Waals surface area contributed by atoms with Crippen LogP contribution in [0.5, 0.6) is 5.75 Å². The first-order valence-electron chi connectivity index (χ1n) is 7.48. The molecule has 23 heavy (non-hydrogen) atoms. The first kappa shape index (κ1) is 15.1. The van der Waals surface area contributed by atoms with Crippen LogP contribution < -0.4 is 10.1 Å². The molecule has 0 saturated heterocycles. The molecule has 0 aliphatic heterocycles. The summed E-state index contributed by atoms with van der Waals surface area (Å²) in [6, 6.07) is 14.0. The molecule has 5 heteroatoms. The molecule has 3 aromatic rings. The summed E-state index contributed by atoms with van der Waals surface area (Å²) in [6.45, 7) is 4.28. The summed E-state index contributed by atoms with van der Waals surface area (Å²) in [5, 5.41) is 8.89. The highest BCUT2D eigenvalue weighted by Gasteiger charge is 2.16. The predicted octanol–water partition coefficient (Wildman–Crippen LogP) is 3.25. The van der Waals surface area contributed by atoms with Gasteiger partial charge in [0.2, 0.25) is 0 Å². The van der Waals surface area contributed by atoms with Crippen LogP contribution in [0.4, 0.5) is 0 Å². The minimum atomic E-state index is -0.191. The van der Waals surface area contributed by atoms with Gasteiger partial charge in [0, 0.05) is 0 Å². The van der Waals surface area contributed by atoms with Gasteiger partial charge in [-0.15, -0.1) is 0 Å². The van der Waals surface area contributed by atoms with Gasteiger partial charge in [0.25, 0.3) is 5.91 Å². The Labute approximate surface area is 134 Å². The van der Waals surface area contributed by atoms with Crippen LogP contribution in [-0.2, 0) is 0 Å². The van der Waals surface area contributed by atoms with E-state index in [2.05, 4.69) is 16.5 Å². The van der Waals surface area contributed by atoms with Crippen molar-refractivity contribution in [2.45, 2.75) is 13.8 Å². The van der Waals surface area contributed by atoms with Gasteiger partial charge in [0.05, 0.1) is 12.2 Å². The molecular weight excluding hydrogens is 292 g/mol. The van der Waals surface area contributed by atoms with E-state index in [-0.39, 0.29) is 5.91 Å². The standard InChI is InChI=1S/C18H18N2O3/c1-12-17(13(2)23-20-12)18(21)19-9-10-22-16-8-7-14-5-3-4-6-15(14)11-16/h3-8,11H,9-10H2,1-2H3,(H,19,21). The lowest BCUT2D eigenvalue weighted by molar-refractivity contribution is 0.0945. The molecule has 0 fully saturated rings. The van der Waals surface area contributed by atoms with E-state index in [9.17, 15) is 4.79 Å². The van der Waals surface area contributed by atoms with Crippen molar-refractivity contribution in [1.82, 2.24) is 10.5 Å². The average Bonchev–Trinajstić information content (AvgIpc) is 2.90. The second-order valence-electron chi connectivity index (χ2n) is 5.31. The van der Waals surface area contributed by atoms with E-state index in [1.165, 1.54) is 5.39 Å². The minimum Gasteiger partial charge on any atom is -0.492 e. The number of carbonyl (C=O) groups is 1. The van der Waals surface area contributed by atoms with Crippen LogP contribution in [0, 0.1) is 13.8 Å². The highest BCUT2D eigenvalue weighted by Crippen LogP contribution is 2.20. The van der Waals surface area contributed by atoms with Crippen LogP contribution in [0.15, 0.2) is 47.0 Å². The summed E-state index contributed by atoms with van der Waals surface area (Å²) < 4.78 is 10.7. The fourth-order valence-corrected chi connectivity index (χ4v) is 2.49. The number of benzene rings is 2. The summed E-state index contributed by atoms with van der Waals surface area (Å²) in [4.78, 5) is 12.1. The van der Waals surface area contributed by atoms with Crippen LogP contribution in [0.3, 0.4) is 0 Å². The molecule has 1 aromatic heterocycles. The number of carbonyl (C=O) groups excluding carboxylic acids is 1. The molecule has 0 aliphatic carbocycles. The molecule has 0 unspecified atom stereocenters. The molecule has 0 atom stereocenters. The molecule has 118 valence electrons. The zero-order chi connectivity index (χ0) is 16.2. The molecule has 0 saturated carbocycles. The smallest absolute Gasteiger partial charge is 0.256 e. The van der Waals surface area contributed by atoms with Gasteiger partial charge in [-0.05, 0) is 36.8 Å². The Hall–Kier alpha value is -2.82. The van der Waals surface area contributed by atoms with Crippen molar-refractivity contribution in [2.75, 3.05) is 13.2 Å². The van der Waals surface area contributed by atoms with Crippen molar-refractivity contribution >= 4 is 16.7 Å². The number of ether oxygens (including phenoxy) is 1. The third kappa shape index (κ3) is 3.34. The number of nitrogens with one attached hydrogen (secondary N) is 1. The van der Waals surface area contributed by atoms with Gasteiger partial charge in [0.15, 0.2) is 0 Å². The summed E-state index contributed by atoms with van der Waals surface area (Å²) in [5.41, 5.74) is 1.09. The van der Waals surface area contributed by atoms with Crippen molar-refractivity contribution in [3.8, 4) is 5.75 Å². The lowest BCUT2D eigenvalue weighted by atomic mass is 10.1. The van der Waals surface area contributed by atoms with Crippen molar-refractivity contribution in [1.29, 1.82) is 0 Å². The number of hydrogen-bond donors (Lipinski definition) is 1. The molecule has 0 aliphatic rings. The van der Waals surface area contributed by atoms with Crippen molar-refractivity contribution in [3.05, 3.63) is 59.5 Å². The fraction of sp³-hybridized carbons (Fsp3) is 0.222. The van der Waals surface area contributed by atoms with E-state index in [0.29, 0.717) is 30.2 Å². The van der Waals surface area contributed by atoms with Crippen molar-refractivity contribution in [2.24, 2.45) is 0 Å². The molecular formula is C18H18N2O3. The molecule has 0 spiro atoms. The summed E-state index contributed by atoms with van der Waals surface area (Å²) >= 11 is 0. The first-order valence-corrected chi connectivity index (χ1v) is 7.48. The van der Waals surface area contributed by atoms with Gasteiger partial charge in [-0.2, -0.15) is 0 Å². The number of fused-ring (bicyclic) bond motifs is 1. The molecule has 1 N–H and O–H groups in total. The normalized spacial score (nSPS) is 10.7. The SMILES string of the molecule is Cc1noc(C)c1C(=O)NCCOc1ccc2ccccc2c1. The van der Waals surface area contributed by atoms with Gasteiger partial charge in [-0.25, -0.2) is 0 Å². The van der Waals surface area contributed by atoms with Gasteiger partial charge >= 0.3 is 0 Å². The van der Waals surface area contributed by atoms with Crippen LogP contribution in [0.1, 0.15) is 21.8 Å². The number of amides is 1. The molecule has 2 aromatic carbocycles. The number of hydrogen-bond acceptors (Lipinski definition) is 4. The zero-order valence-electron chi connectivity index (χ0n) is 13.1. The lowest BCUT2D eigenvalue weighted by Crippen LogP contribution is -2.28. The minimum absolute atomic E-state index is 0.191. The maximum atomic E-state index is 12.1. The third-order valence-electron chi connectivity index (χ3n) is 3.64. The van der Waals surface area contributed by atoms with Gasteiger partial charge in [-0.3, -0.25) is 4.79 Å². The summed E-state index contributed by atoms with van der Waals surface area (Å²) in [5.74, 6) is 1.12. The Morgan fingerprint density at radius 3 is 2.70 bits per heavy atom. The van der Waals surface area contributed by atoms with Gasteiger partial charge in [-0.1, -0.05) is 35.5 Å². The van der Waals surface area contributed by atoms with Gasteiger partial charge < -0.3 is 14.6 Å². The molecule has 0 bridgehead atoms. The number of aromatic nitrogens is 1. The van der Waals surface area contributed by atoms with Crippen molar-refractivity contribution < 1.29 is 14.1 Å². The van der Waals surface area contributed by atoms with Crippen LogP contribution in [0.2, 0.25) is 0 Å². The Morgan fingerprint density at radius 2 is 1.96 bits per heavy atom. The lowest BCUT2D eigenvalue weighted by Gasteiger charge is -2.08. The third-order valence-corrected chi connectivity index (χ3v) is 3.64. The van der Waals surface area contributed by atoms with Gasteiger partial charge in [0.1, 0.15) is 23.7 Å². The Balaban J connectivity index is 1.54. The van der Waals surface area contributed by atoms with E-state index >= 15 is 0 Å². The highest BCUT2D eigenvalue weighted by molar-refractivity contribution is 5.96. The van der Waals surface area contributed by atoms with Crippen LogP contribution in [0.25, 0.3) is 10.8 Å². The molecule has 1 amide bonds. The van der Waals surface area contributed by atoms with E-state index in [1.54, 1.807) is 13.8 Å². The van der Waals surface area contributed by atoms with E-state index in [1.807, 2.05) is 36.4 Å². The Morgan fingerprint density at radius 1 is 1.17 bits per heavy atom. The van der Waals surface area contributed by atoms with Crippen LogP contribution >= 0.6 is 0 Å². The summed E-state index contributed by atoms with van der Waals surface area (Å²) in [7, 11) is 0. The summed E-state index contributed by atoms with van der Waals surface area (Å²) in [6.07, 6.45) is 0. The Bertz CT molecular complexity index is 820. The number of rotatable bonds is 5. The van der Waals surface area contributed by atoms with Crippen molar-refractivity contribution in [3.63, 3.8) is 0 Å². The van der Waals surface area contributed by atoms with E-state index in [0.717, 1.165) is 11.1 Å². The topological polar surface area (TPSA) is 64.4 Å². The van der Waals surface area contributed by atoms with E-state index < -0.39 is 0 Å². The molecule has 1 heterocycles. The molecule has 5 nitrogen and oxygen atoms in total. The molecule has 3 rings (SSSR count). The zero-order valence-corrected chi connectivity index (χ0v) is 13.1. The monoisotopic (exact) mass is 310 g/mol. The second-order valence-corrected chi connectivity index (χ2v) is 5.31.